The number of carbonyl (C=O) groups is 2. The van der Waals surface area contributed by atoms with Crippen LogP contribution in [0.4, 0.5) is 5.69 Å². The van der Waals surface area contributed by atoms with Gasteiger partial charge >= 0.3 is 0 Å². The Morgan fingerprint density at radius 3 is 2.45 bits per heavy atom. The molecule has 7 nitrogen and oxygen atoms in total. The van der Waals surface area contributed by atoms with Gasteiger partial charge in [0.2, 0.25) is 11.8 Å². The largest absolute Gasteiger partial charge is 0.349 e. The van der Waals surface area contributed by atoms with E-state index in [2.05, 4.69) is 20.8 Å². The fourth-order valence-corrected chi connectivity index (χ4v) is 3.29. The van der Waals surface area contributed by atoms with E-state index in [9.17, 15) is 9.59 Å². The van der Waals surface area contributed by atoms with Gasteiger partial charge in [-0.25, -0.2) is 0 Å². The van der Waals surface area contributed by atoms with E-state index in [1.807, 2.05) is 39.0 Å². The van der Waals surface area contributed by atoms with Gasteiger partial charge in [-0.3, -0.25) is 9.59 Å². The number of carbonyl (C=O) groups excluding carboxylic acids is 2. The van der Waals surface area contributed by atoms with Crippen molar-refractivity contribution in [3.8, 4) is 11.5 Å². The molecule has 2 aromatic carbocycles. The summed E-state index contributed by atoms with van der Waals surface area (Å²) in [5, 5.41) is 10.4. The van der Waals surface area contributed by atoms with Crippen molar-refractivity contribution in [1.29, 1.82) is 0 Å². The molecule has 1 heterocycles. The lowest BCUT2D eigenvalue weighted by atomic mass is 10.0. The summed E-state index contributed by atoms with van der Waals surface area (Å²) in [6.07, 6.45) is 0.0517. The van der Waals surface area contributed by atoms with E-state index in [0.29, 0.717) is 28.0 Å². The fourth-order valence-electron chi connectivity index (χ4n) is 3.16. The maximum absolute atomic E-state index is 12.9. The Morgan fingerprint density at radius 1 is 1.13 bits per heavy atom. The molecule has 0 aliphatic rings. The second kappa shape index (κ2) is 9.75. The Bertz CT molecular complexity index is 1080. The summed E-state index contributed by atoms with van der Waals surface area (Å²) in [6.45, 7) is 7.27. The molecule has 2 amide bonds. The molecule has 0 saturated heterocycles. The molecular formula is C23H25ClN4O3. The van der Waals surface area contributed by atoms with Crippen LogP contribution in [0.25, 0.3) is 11.5 Å². The highest BCUT2D eigenvalue weighted by Gasteiger charge is 2.21. The smallest absolute Gasteiger partial charge is 0.260 e. The Morgan fingerprint density at radius 2 is 1.84 bits per heavy atom. The summed E-state index contributed by atoms with van der Waals surface area (Å²) in [4.78, 5) is 29.1. The van der Waals surface area contributed by atoms with Crippen LogP contribution in [0.2, 0.25) is 5.02 Å². The molecular weight excluding hydrogens is 416 g/mol. The topological polar surface area (TPSA) is 97.1 Å². The molecule has 1 unspecified atom stereocenters. The molecule has 8 heteroatoms. The van der Waals surface area contributed by atoms with E-state index in [-0.39, 0.29) is 24.2 Å². The average Bonchev–Trinajstić information content (AvgIpc) is 3.19. The molecule has 0 aliphatic heterocycles. The Labute approximate surface area is 186 Å². The minimum absolute atomic E-state index is 0.0517. The van der Waals surface area contributed by atoms with Crippen molar-refractivity contribution in [3.63, 3.8) is 0 Å². The van der Waals surface area contributed by atoms with Crippen LogP contribution in [0, 0.1) is 6.92 Å². The van der Waals surface area contributed by atoms with Crippen molar-refractivity contribution in [3.05, 3.63) is 64.4 Å². The first-order chi connectivity index (χ1) is 14.7. The SMILES string of the molecule is CC(=O)NC(CC(=O)Nc1c(C)cccc1-c1nc(C(C)C)no1)c1ccc(Cl)cc1. The number of nitrogens with zero attached hydrogens (tertiary/aromatic N) is 2. The highest BCUT2D eigenvalue weighted by atomic mass is 35.5. The maximum Gasteiger partial charge on any atom is 0.260 e. The third-order valence-corrected chi connectivity index (χ3v) is 5.02. The second-order valence-corrected chi connectivity index (χ2v) is 8.10. The molecule has 162 valence electrons. The molecule has 0 fully saturated rings. The van der Waals surface area contributed by atoms with Crippen molar-refractivity contribution >= 4 is 29.1 Å². The Hall–Kier alpha value is -3.19. The summed E-state index contributed by atoms with van der Waals surface area (Å²) in [5.74, 6) is 0.587. The monoisotopic (exact) mass is 440 g/mol. The van der Waals surface area contributed by atoms with Gasteiger partial charge in [0.05, 0.1) is 23.7 Å². The van der Waals surface area contributed by atoms with Gasteiger partial charge < -0.3 is 15.2 Å². The predicted octanol–water partition coefficient (Wildman–Crippen LogP) is 5.03. The number of hydrogen-bond acceptors (Lipinski definition) is 5. The minimum atomic E-state index is -0.488. The lowest BCUT2D eigenvalue weighted by Crippen LogP contribution is -2.30. The fraction of sp³-hybridized carbons (Fsp3) is 0.304. The minimum Gasteiger partial charge on any atom is -0.349 e. The lowest BCUT2D eigenvalue weighted by molar-refractivity contribution is -0.120. The van der Waals surface area contributed by atoms with Crippen LogP contribution in [0.5, 0.6) is 0 Å². The first-order valence-electron chi connectivity index (χ1n) is 10.0. The molecule has 0 aliphatic carbocycles. The van der Waals surface area contributed by atoms with Gasteiger partial charge in [-0.2, -0.15) is 4.98 Å². The standard InChI is InChI=1S/C23H25ClN4O3/c1-13(2)22-27-23(31-28-22)18-7-5-6-14(3)21(18)26-20(30)12-19(25-15(4)29)16-8-10-17(24)11-9-16/h5-11,13,19H,12H2,1-4H3,(H,25,29)(H,26,30). The van der Waals surface area contributed by atoms with E-state index in [1.165, 1.54) is 6.92 Å². The van der Waals surface area contributed by atoms with Gasteiger partial charge in [0, 0.05) is 17.9 Å². The van der Waals surface area contributed by atoms with E-state index < -0.39 is 6.04 Å². The number of aromatic nitrogens is 2. The number of benzene rings is 2. The van der Waals surface area contributed by atoms with E-state index in [1.54, 1.807) is 24.3 Å². The van der Waals surface area contributed by atoms with Crippen LogP contribution in [0.1, 0.15) is 56.1 Å². The number of aryl methyl sites for hydroxylation is 1. The molecule has 0 spiro atoms. The average molecular weight is 441 g/mol. The summed E-state index contributed by atoms with van der Waals surface area (Å²) in [7, 11) is 0. The molecule has 1 atom stereocenters. The van der Waals surface area contributed by atoms with Crippen molar-refractivity contribution < 1.29 is 14.1 Å². The number of amides is 2. The molecule has 2 N–H and O–H groups in total. The summed E-state index contributed by atoms with van der Waals surface area (Å²) < 4.78 is 5.42. The molecule has 3 aromatic rings. The van der Waals surface area contributed by atoms with E-state index in [0.717, 1.165) is 11.1 Å². The van der Waals surface area contributed by atoms with E-state index in [4.69, 9.17) is 16.1 Å². The normalized spacial score (nSPS) is 11.9. The van der Waals surface area contributed by atoms with E-state index >= 15 is 0 Å². The van der Waals surface area contributed by atoms with Crippen molar-refractivity contribution in [2.24, 2.45) is 0 Å². The molecule has 31 heavy (non-hydrogen) atoms. The number of hydrogen-bond donors (Lipinski definition) is 2. The highest BCUT2D eigenvalue weighted by Crippen LogP contribution is 2.31. The van der Waals surface area contributed by atoms with Crippen molar-refractivity contribution in [2.45, 2.75) is 46.1 Å². The van der Waals surface area contributed by atoms with Gasteiger partial charge in [0.15, 0.2) is 5.82 Å². The van der Waals surface area contributed by atoms with Gasteiger partial charge in [-0.05, 0) is 36.2 Å². The number of nitrogens with one attached hydrogen (secondary N) is 2. The second-order valence-electron chi connectivity index (χ2n) is 7.67. The lowest BCUT2D eigenvalue weighted by Gasteiger charge is -2.19. The van der Waals surface area contributed by atoms with Crippen LogP contribution in [-0.4, -0.2) is 22.0 Å². The number of anilines is 1. The van der Waals surface area contributed by atoms with Crippen LogP contribution in [0.3, 0.4) is 0 Å². The molecule has 0 bridgehead atoms. The molecule has 0 saturated carbocycles. The highest BCUT2D eigenvalue weighted by molar-refractivity contribution is 6.30. The van der Waals surface area contributed by atoms with Gasteiger partial charge in [-0.15, -0.1) is 0 Å². The van der Waals surface area contributed by atoms with Gasteiger partial charge in [-0.1, -0.05) is 54.9 Å². The number of halogens is 1. The zero-order valence-corrected chi connectivity index (χ0v) is 18.7. The van der Waals surface area contributed by atoms with Gasteiger partial charge in [0.25, 0.3) is 5.89 Å². The first kappa shape index (κ1) is 22.5. The first-order valence-corrected chi connectivity index (χ1v) is 10.4. The van der Waals surface area contributed by atoms with Crippen molar-refractivity contribution in [1.82, 2.24) is 15.5 Å². The number of rotatable bonds is 7. The number of para-hydroxylation sites is 1. The van der Waals surface area contributed by atoms with Crippen LogP contribution >= 0.6 is 11.6 Å². The molecule has 3 rings (SSSR count). The zero-order valence-electron chi connectivity index (χ0n) is 17.9. The predicted molar refractivity (Wildman–Crippen MR) is 120 cm³/mol. The third kappa shape index (κ3) is 5.70. The quantitative estimate of drug-likeness (QED) is 0.537. The summed E-state index contributed by atoms with van der Waals surface area (Å²) >= 11 is 5.96. The Kier molecular flexibility index (Phi) is 7.07. The summed E-state index contributed by atoms with van der Waals surface area (Å²) in [5.41, 5.74) is 2.90. The van der Waals surface area contributed by atoms with Crippen LogP contribution < -0.4 is 10.6 Å². The van der Waals surface area contributed by atoms with Gasteiger partial charge in [0.1, 0.15) is 0 Å². The molecule has 0 radical (unpaired) electrons. The zero-order chi connectivity index (χ0) is 22.5. The molecule has 1 aromatic heterocycles. The summed E-state index contributed by atoms with van der Waals surface area (Å²) in [6, 6.07) is 12.1. The van der Waals surface area contributed by atoms with Crippen LogP contribution in [0.15, 0.2) is 47.0 Å². The third-order valence-electron chi connectivity index (χ3n) is 4.77. The Balaban J connectivity index is 1.84. The maximum atomic E-state index is 12.9. The van der Waals surface area contributed by atoms with Crippen LogP contribution in [-0.2, 0) is 9.59 Å². The van der Waals surface area contributed by atoms with Crippen molar-refractivity contribution in [2.75, 3.05) is 5.32 Å².